The van der Waals surface area contributed by atoms with Gasteiger partial charge in [-0.3, -0.25) is 0 Å². The number of para-hydroxylation sites is 4. The van der Waals surface area contributed by atoms with Gasteiger partial charge in [-0.1, -0.05) is 97.1 Å². The summed E-state index contributed by atoms with van der Waals surface area (Å²) in [5.74, 6) is 0.666. The van der Waals surface area contributed by atoms with Gasteiger partial charge in [0.15, 0.2) is 5.82 Å². The molecule has 242 valence electrons. The van der Waals surface area contributed by atoms with Crippen LogP contribution in [0.2, 0.25) is 0 Å². The minimum absolute atomic E-state index is 0.666. The van der Waals surface area contributed by atoms with Gasteiger partial charge in [0, 0.05) is 64.6 Å². The van der Waals surface area contributed by atoms with Gasteiger partial charge in [0.05, 0.1) is 16.7 Å². The summed E-state index contributed by atoms with van der Waals surface area (Å²) >= 11 is 1.72. The van der Waals surface area contributed by atoms with Gasteiger partial charge < -0.3 is 13.4 Å². The van der Waals surface area contributed by atoms with Gasteiger partial charge in [0.25, 0.3) is 0 Å². The second-order valence-electron chi connectivity index (χ2n) is 13.3. The maximum Gasteiger partial charge on any atom is 0.162 e. The summed E-state index contributed by atoms with van der Waals surface area (Å²) in [6.07, 6.45) is 0. The Kier molecular flexibility index (Phi) is 5.59. The van der Waals surface area contributed by atoms with Crippen LogP contribution in [0.3, 0.4) is 0 Å². The molecule has 0 atom stereocenters. The number of fused-ring (bicyclic) bond motifs is 12. The highest BCUT2D eigenvalue weighted by atomic mass is 32.1. The summed E-state index contributed by atoms with van der Waals surface area (Å²) < 4.78 is 16.2. The Morgan fingerprint density at radius 1 is 0.442 bits per heavy atom. The maximum absolute atomic E-state index is 6.40. The lowest BCUT2D eigenvalue weighted by molar-refractivity contribution is 0.668. The zero-order valence-electron chi connectivity index (χ0n) is 27.5. The lowest BCUT2D eigenvalue weighted by atomic mass is 9.99. The van der Waals surface area contributed by atoms with Gasteiger partial charge in [-0.25, -0.2) is 9.97 Å². The summed E-state index contributed by atoms with van der Waals surface area (Å²) in [5.41, 5.74) is 9.69. The van der Waals surface area contributed by atoms with Crippen LogP contribution < -0.4 is 0 Å². The molecule has 0 radical (unpaired) electrons. The van der Waals surface area contributed by atoms with Crippen molar-refractivity contribution in [2.75, 3.05) is 0 Å². The summed E-state index contributed by atoms with van der Waals surface area (Å²) in [4.78, 5) is 11.9. The van der Waals surface area contributed by atoms with Gasteiger partial charge in [0.2, 0.25) is 0 Å². The molecule has 0 fully saturated rings. The van der Waals surface area contributed by atoms with Crippen molar-refractivity contribution in [1.29, 1.82) is 0 Å². The molecule has 0 saturated carbocycles. The molecule has 6 heteroatoms. The third kappa shape index (κ3) is 3.81. The second-order valence-corrected chi connectivity index (χ2v) is 14.3. The fraction of sp³-hybridized carbons (Fsp3) is 0. The largest absolute Gasteiger partial charge is 0.456 e. The van der Waals surface area contributed by atoms with Gasteiger partial charge in [-0.15, -0.1) is 11.3 Å². The Morgan fingerprint density at radius 3 is 1.81 bits per heavy atom. The van der Waals surface area contributed by atoms with Crippen LogP contribution in [0.4, 0.5) is 0 Å². The van der Waals surface area contributed by atoms with Gasteiger partial charge >= 0.3 is 0 Å². The fourth-order valence-electron chi connectivity index (χ4n) is 8.24. The first kappa shape index (κ1) is 28.0. The van der Waals surface area contributed by atoms with Crippen LogP contribution in [0.1, 0.15) is 0 Å². The predicted molar refractivity (Wildman–Crippen MR) is 215 cm³/mol. The van der Waals surface area contributed by atoms with E-state index >= 15 is 0 Å². The summed E-state index contributed by atoms with van der Waals surface area (Å²) in [5, 5.41) is 8.78. The molecule has 0 aliphatic heterocycles. The molecule has 52 heavy (non-hydrogen) atoms. The molecular formula is C46H25N3O2S. The zero-order chi connectivity index (χ0) is 33.9. The second kappa shape index (κ2) is 10.4. The Morgan fingerprint density at radius 2 is 1.06 bits per heavy atom. The number of nitrogens with zero attached hydrogens (tertiary/aromatic N) is 3. The van der Waals surface area contributed by atoms with Crippen LogP contribution in [0.5, 0.6) is 0 Å². The van der Waals surface area contributed by atoms with Crippen molar-refractivity contribution >= 4 is 97.3 Å². The molecule has 0 unspecified atom stereocenters. The van der Waals surface area contributed by atoms with Crippen molar-refractivity contribution in [2.45, 2.75) is 0 Å². The first-order chi connectivity index (χ1) is 25.8. The van der Waals surface area contributed by atoms with E-state index in [2.05, 4.69) is 114 Å². The highest BCUT2D eigenvalue weighted by Crippen LogP contribution is 2.46. The van der Waals surface area contributed by atoms with E-state index in [9.17, 15) is 0 Å². The molecule has 5 heterocycles. The number of aromatic nitrogens is 3. The molecule has 12 aromatic rings. The molecule has 0 amide bonds. The third-order valence-corrected chi connectivity index (χ3v) is 11.5. The minimum atomic E-state index is 0.666. The molecule has 5 nitrogen and oxygen atoms in total. The number of benzene rings is 7. The average Bonchev–Trinajstić information content (AvgIpc) is 3.95. The monoisotopic (exact) mass is 683 g/mol. The van der Waals surface area contributed by atoms with Crippen molar-refractivity contribution in [3.05, 3.63) is 152 Å². The van der Waals surface area contributed by atoms with Crippen molar-refractivity contribution in [3.63, 3.8) is 0 Å². The number of thiophene rings is 1. The first-order valence-corrected chi connectivity index (χ1v) is 18.1. The third-order valence-electron chi connectivity index (χ3n) is 10.4. The Balaban J connectivity index is 1.24. The van der Waals surface area contributed by atoms with Crippen molar-refractivity contribution < 1.29 is 8.83 Å². The molecule has 0 aliphatic carbocycles. The number of hydrogen-bond donors (Lipinski definition) is 0. The van der Waals surface area contributed by atoms with E-state index in [0.29, 0.717) is 5.82 Å². The fourth-order valence-corrected chi connectivity index (χ4v) is 9.33. The molecule has 5 aromatic heterocycles. The highest BCUT2D eigenvalue weighted by molar-refractivity contribution is 7.25. The highest BCUT2D eigenvalue weighted by Gasteiger charge is 2.24. The van der Waals surface area contributed by atoms with Gasteiger partial charge in [-0.2, -0.15) is 0 Å². The SMILES string of the molecule is c1ccc(-n2c3ccccc3c3cc4c(cc32)sc2nc(-c3cccc5oc6ccccc6c35)nc(-c3cccc5oc6ccccc6c35)c24)cc1. The van der Waals surface area contributed by atoms with Gasteiger partial charge in [-0.05, 0) is 54.6 Å². The molecule has 0 saturated heterocycles. The number of hydrogen-bond acceptors (Lipinski definition) is 5. The van der Waals surface area contributed by atoms with Crippen LogP contribution in [-0.2, 0) is 0 Å². The summed E-state index contributed by atoms with van der Waals surface area (Å²) in [6, 6.07) is 52.9. The first-order valence-electron chi connectivity index (χ1n) is 17.3. The van der Waals surface area contributed by atoms with Crippen LogP contribution in [-0.4, -0.2) is 14.5 Å². The quantitative estimate of drug-likeness (QED) is 0.186. The smallest absolute Gasteiger partial charge is 0.162 e. The van der Waals surface area contributed by atoms with E-state index in [1.165, 1.54) is 21.8 Å². The van der Waals surface area contributed by atoms with E-state index < -0.39 is 0 Å². The Bertz CT molecular complexity index is 3420. The molecule has 0 bridgehead atoms. The van der Waals surface area contributed by atoms with Crippen molar-refractivity contribution in [3.8, 4) is 28.3 Å². The molecule has 0 N–H and O–H groups in total. The minimum Gasteiger partial charge on any atom is -0.456 e. The van der Waals surface area contributed by atoms with Crippen molar-refractivity contribution in [1.82, 2.24) is 14.5 Å². The number of rotatable bonds is 3. The van der Waals surface area contributed by atoms with Crippen molar-refractivity contribution in [2.24, 2.45) is 0 Å². The van der Waals surface area contributed by atoms with Crippen LogP contribution in [0.15, 0.2) is 160 Å². The lowest BCUT2D eigenvalue weighted by Gasteiger charge is -2.10. The Labute approximate surface area is 299 Å². The van der Waals surface area contributed by atoms with Crippen LogP contribution >= 0.6 is 11.3 Å². The molecule has 12 rings (SSSR count). The van der Waals surface area contributed by atoms with Crippen LogP contribution in [0.25, 0.3) is 114 Å². The predicted octanol–water partition coefficient (Wildman–Crippen LogP) is 13.1. The molecule has 0 aliphatic rings. The van der Waals surface area contributed by atoms with E-state index in [0.717, 1.165) is 86.7 Å². The topological polar surface area (TPSA) is 57.0 Å². The average molecular weight is 684 g/mol. The normalized spacial score (nSPS) is 12.2. The molecular weight excluding hydrogens is 659 g/mol. The number of furan rings is 2. The molecule has 0 spiro atoms. The van der Waals surface area contributed by atoms with E-state index in [1.54, 1.807) is 11.3 Å². The summed E-state index contributed by atoms with van der Waals surface area (Å²) in [7, 11) is 0. The zero-order valence-corrected chi connectivity index (χ0v) is 28.3. The van der Waals surface area contributed by atoms with E-state index in [4.69, 9.17) is 18.8 Å². The molecule has 7 aromatic carbocycles. The standard InChI is InChI=1S/C46H25N3O2S/c1-2-12-26(13-3-1)49-34-19-7-4-14-27(34)32-24-33-40(25-35(32)49)52-46-43(33)44(30-17-10-22-38-41(30)28-15-5-8-20-36(28)50-38)47-45(48-46)31-18-11-23-39-42(31)29-16-6-9-21-37(29)51-39/h1-25H. The van der Waals surface area contributed by atoms with Gasteiger partial charge in [0.1, 0.15) is 27.2 Å². The Hall–Kier alpha value is -6.76. The van der Waals surface area contributed by atoms with E-state index in [1.807, 2.05) is 42.5 Å². The van der Waals surface area contributed by atoms with Crippen LogP contribution in [0, 0.1) is 0 Å². The van der Waals surface area contributed by atoms with E-state index in [-0.39, 0.29) is 0 Å². The summed E-state index contributed by atoms with van der Waals surface area (Å²) in [6.45, 7) is 0. The maximum atomic E-state index is 6.40. The lowest BCUT2D eigenvalue weighted by Crippen LogP contribution is -1.94.